The summed E-state index contributed by atoms with van der Waals surface area (Å²) < 4.78 is 1.71. The van der Waals surface area contributed by atoms with Gasteiger partial charge in [0.05, 0.1) is 35.2 Å². The normalized spacial score (nSPS) is 19.9. The van der Waals surface area contributed by atoms with Gasteiger partial charge in [-0.3, -0.25) is 14.9 Å². The standard InChI is InChI=1S/C27H30N10/c1-18(33-22-14-36(15-22)23-6-8-35(16-23)17-30)24(11-29)20-9-26(27-21(10-28)12-32-37(27)13-20)34-19(2)25-5-3-4-7-31-25/h3-5,7,9,11-13,19,22-23,34H,6,8,14-16,29H2,1-2H3/b24-11+,33-18?/t19-,23+/m1/s1. The predicted molar refractivity (Wildman–Crippen MR) is 142 cm³/mol. The lowest BCUT2D eigenvalue weighted by molar-refractivity contribution is 0.101. The van der Waals surface area contributed by atoms with Gasteiger partial charge in [0.2, 0.25) is 0 Å². The van der Waals surface area contributed by atoms with Crippen molar-refractivity contribution >= 4 is 22.5 Å². The summed E-state index contributed by atoms with van der Waals surface area (Å²) in [6.45, 7) is 7.42. The third kappa shape index (κ3) is 4.84. The van der Waals surface area contributed by atoms with Crippen LogP contribution in [-0.4, -0.2) is 68.4 Å². The van der Waals surface area contributed by atoms with Gasteiger partial charge in [0.15, 0.2) is 6.19 Å². The van der Waals surface area contributed by atoms with Crippen LogP contribution >= 0.6 is 0 Å². The van der Waals surface area contributed by atoms with Crippen molar-refractivity contribution in [2.75, 3.05) is 31.5 Å². The Balaban J connectivity index is 1.38. The van der Waals surface area contributed by atoms with Crippen LogP contribution in [0.4, 0.5) is 5.69 Å². The molecule has 2 saturated heterocycles. The molecule has 3 N–H and O–H groups in total. The van der Waals surface area contributed by atoms with Crippen LogP contribution in [0.15, 0.2) is 54.0 Å². The molecule has 2 fully saturated rings. The van der Waals surface area contributed by atoms with Crippen molar-refractivity contribution in [2.45, 2.75) is 38.4 Å². The number of aliphatic imine (C=N–C) groups is 1. The van der Waals surface area contributed by atoms with Crippen molar-refractivity contribution in [3.05, 3.63) is 65.9 Å². The molecule has 0 saturated carbocycles. The van der Waals surface area contributed by atoms with Gasteiger partial charge in [-0.15, -0.1) is 0 Å². The van der Waals surface area contributed by atoms with Crippen LogP contribution in [0.3, 0.4) is 0 Å². The summed E-state index contributed by atoms with van der Waals surface area (Å²) in [5, 5.41) is 26.7. The summed E-state index contributed by atoms with van der Waals surface area (Å²) in [6.07, 6.45) is 10.1. The number of hydrogen-bond acceptors (Lipinski definition) is 9. The molecule has 0 bridgehead atoms. The van der Waals surface area contributed by atoms with Gasteiger partial charge >= 0.3 is 0 Å². The van der Waals surface area contributed by atoms with E-state index in [4.69, 9.17) is 16.0 Å². The fraction of sp³-hybridized carbons (Fsp3) is 0.370. The average molecular weight is 495 g/mol. The smallest absolute Gasteiger partial charge is 0.179 e. The molecule has 10 heteroatoms. The fourth-order valence-electron chi connectivity index (χ4n) is 5.17. The van der Waals surface area contributed by atoms with E-state index in [1.165, 1.54) is 0 Å². The van der Waals surface area contributed by atoms with Crippen molar-refractivity contribution in [3.8, 4) is 12.3 Å². The van der Waals surface area contributed by atoms with E-state index in [0.29, 0.717) is 17.1 Å². The highest BCUT2D eigenvalue weighted by Gasteiger charge is 2.35. The summed E-state index contributed by atoms with van der Waals surface area (Å²) in [7, 11) is 0. The van der Waals surface area contributed by atoms with Crippen LogP contribution in [0.5, 0.6) is 0 Å². The Labute approximate surface area is 216 Å². The summed E-state index contributed by atoms with van der Waals surface area (Å²) in [5.41, 5.74) is 11.5. The highest BCUT2D eigenvalue weighted by atomic mass is 15.3. The molecule has 0 spiro atoms. The minimum absolute atomic E-state index is 0.0877. The van der Waals surface area contributed by atoms with E-state index in [1.54, 1.807) is 23.1 Å². The Morgan fingerprint density at radius 2 is 2.14 bits per heavy atom. The first kappa shape index (κ1) is 24.3. The summed E-state index contributed by atoms with van der Waals surface area (Å²) in [4.78, 5) is 13.7. The number of nitrogens with one attached hydrogen (secondary N) is 1. The molecule has 188 valence electrons. The van der Waals surface area contributed by atoms with Crippen LogP contribution in [0, 0.1) is 22.8 Å². The van der Waals surface area contributed by atoms with Crippen molar-refractivity contribution in [2.24, 2.45) is 10.7 Å². The molecule has 0 amide bonds. The molecular formula is C27H30N10. The maximum Gasteiger partial charge on any atom is 0.179 e. The van der Waals surface area contributed by atoms with Gasteiger partial charge in [0, 0.05) is 67.7 Å². The summed E-state index contributed by atoms with van der Waals surface area (Å²) in [5.74, 6) is 0. The first-order valence-electron chi connectivity index (χ1n) is 12.5. The molecule has 2 aliphatic rings. The van der Waals surface area contributed by atoms with E-state index in [-0.39, 0.29) is 12.1 Å². The number of rotatable bonds is 7. The van der Waals surface area contributed by atoms with E-state index in [2.05, 4.69) is 32.6 Å². The third-order valence-corrected chi connectivity index (χ3v) is 7.19. The third-order valence-electron chi connectivity index (χ3n) is 7.19. The van der Waals surface area contributed by atoms with Gasteiger partial charge in [-0.05, 0) is 38.5 Å². The summed E-state index contributed by atoms with van der Waals surface area (Å²) in [6, 6.07) is 10.6. The fourth-order valence-corrected chi connectivity index (χ4v) is 5.17. The highest BCUT2D eigenvalue weighted by molar-refractivity contribution is 6.22. The molecule has 37 heavy (non-hydrogen) atoms. The molecule has 5 heterocycles. The number of likely N-dealkylation sites (tertiary alicyclic amines) is 2. The number of hydrogen-bond donors (Lipinski definition) is 2. The molecular weight excluding hydrogens is 464 g/mol. The van der Waals surface area contributed by atoms with Gasteiger partial charge in [-0.25, -0.2) is 4.52 Å². The first-order valence-corrected chi connectivity index (χ1v) is 12.5. The number of nitrogens with two attached hydrogens (primary N) is 1. The number of nitrogens with zero attached hydrogens (tertiary/aromatic N) is 8. The molecule has 0 radical (unpaired) electrons. The lowest BCUT2D eigenvalue weighted by Crippen LogP contribution is -2.55. The second-order valence-corrected chi connectivity index (χ2v) is 9.62. The minimum atomic E-state index is -0.0877. The number of pyridine rings is 2. The molecule has 10 nitrogen and oxygen atoms in total. The monoisotopic (exact) mass is 494 g/mol. The summed E-state index contributed by atoms with van der Waals surface area (Å²) >= 11 is 0. The van der Waals surface area contributed by atoms with E-state index in [0.717, 1.165) is 60.8 Å². The van der Waals surface area contributed by atoms with Crippen LogP contribution in [0.1, 0.15) is 43.1 Å². The molecule has 0 unspecified atom stereocenters. The minimum Gasteiger partial charge on any atom is -0.404 e. The van der Waals surface area contributed by atoms with Crippen molar-refractivity contribution in [1.82, 2.24) is 24.4 Å². The Hall–Kier alpha value is -4.41. The Bertz CT molecular complexity index is 1420. The lowest BCUT2D eigenvalue weighted by atomic mass is 10.0. The van der Waals surface area contributed by atoms with Gasteiger partial charge in [0.25, 0.3) is 0 Å². The molecule has 3 aromatic heterocycles. The van der Waals surface area contributed by atoms with Gasteiger partial charge in [0.1, 0.15) is 11.6 Å². The van der Waals surface area contributed by atoms with E-state index >= 15 is 0 Å². The number of nitriles is 2. The number of anilines is 1. The van der Waals surface area contributed by atoms with Crippen LogP contribution in [0.25, 0.3) is 11.1 Å². The zero-order valence-corrected chi connectivity index (χ0v) is 21.0. The number of allylic oxidation sites excluding steroid dienone is 1. The molecule has 2 atom stereocenters. The van der Waals surface area contributed by atoms with Crippen LogP contribution in [0.2, 0.25) is 0 Å². The Morgan fingerprint density at radius 3 is 2.81 bits per heavy atom. The second kappa shape index (κ2) is 10.3. The zero-order valence-electron chi connectivity index (χ0n) is 21.0. The van der Waals surface area contributed by atoms with Gasteiger partial charge in [-0.1, -0.05) is 6.07 Å². The van der Waals surface area contributed by atoms with E-state index < -0.39 is 0 Å². The molecule has 3 aromatic rings. The molecule has 0 aliphatic carbocycles. The van der Waals surface area contributed by atoms with Crippen LogP contribution in [-0.2, 0) is 0 Å². The predicted octanol–water partition coefficient (Wildman–Crippen LogP) is 2.77. The quantitative estimate of drug-likeness (QED) is 0.378. The van der Waals surface area contributed by atoms with Crippen molar-refractivity contribution < 1.29 is 0 Å². The van der Waals surface area contributed by atoms with Gasteiger partial charge in [-0.2, -0.15) is 15.6 Å². The van der Waals surface area contributed by atoms with E-state index in [9.17, 15) is 5.26 Å². The van der Waals surface area contributed by atoms with Crippen molar-refractivity contribution in [1.29, 1.82) is 10.5 Å². The maximum atomic E-state index is 9.66. The second-order valence-electron chi connectivity index (χ2n) is 9.62. The lowest BCUT2D eigenvalue weighted by Gasteiger charge is -2.41. The number of fused-ring (bicyclic) bond motifs is 1. The average Bonchev–Trinajstić information content (AvgIpc) is 3.54. The van der Waals surface area contributed by atoms with Gasteiger partial charge < -0.3 is 16.0 Å². The SMILES string of the molecule is CC(=NC1CN([C@H]2CCN(C#N)C2)C1)/C(=C\N)c1cc(N[C@H](C)c2ccccn2)c2c(C#N)cnn2c1. The molecule has 2 aliphatic heterocycles. The maximum absolute atomic E-state index is 9.66. The highest BCUT2D eigenvalue weighted by Crippen LogP contribution is 2.30. The Kier molecular flexibility index (Phi) is 6.76. The van der Waals surface area contributed by atoms with Crippen molar-refractivity contribution in [3.63, 3.8) is 0 Å². The Morgan fingerprint density at radius 1 is 1.30 bits per heavy atom. The number of aromatic nitrogens is 3. The van der Waals surface area contributed by atoms with Crippen LogP contribution < -0.4 is 11.1 Å². The molecule has 0 aromatic carbocycles. The van der Waals surface area contributed by atoms with E-state index in [1.807, 2.05) is 49.2 Å². The topological polar surface area (TPSA) is 135 Å². The zero-order chi connectivity index (χ0) is 25.9. The first-order chi connectivity index (χ1) is 18.0. The largest absolute Gasteiger partial charge is 0.404 e. The molecule has 5 rings (SSSR count).